The molecule has 0 aliphatic heterocycles. The molecule has 0 atom stereocenters. The Morgan fingerprint density at radius 3 is 2.75 bits per heavy atom. The minimum atomic E-state index is -0.0384. The summed E-state index contributed by atoms with van der Waals surface area (Å²) in [6, 6.07) is 12.1. The zero-order chi connectivity index (χ0) is 17.5. The summed E-state index contributed by atoms with van der Waals surface area (Å²) in [7, 11) is 1.99. The number of aryl methyl sites for hydroxylation is 1. The van der Waals surface area contributed by atoms with Gasteiger partial charge in [0.25, 0.3) is 0 Å². The van der Waals surface area contributed by atoms with Crippen LogP contribution >= 0.6 is 0 Å². The number of hydrogen-bond acceptors (Lipinski definition) is 4. The third-order valence-corrected chi connectivity index (χ3v) is 3.85. The number of aliphatic hydroxyl groups is 1. The minimum absolute atomic E-state index is 0.0384. The van der Waals surface area contributed by atoms with Crippen molar-refractivity contribution in [2.45, 2.75) is 26.8 Å². The van der Waals surface area contributed by atoms with Gasteiger partial charge in [0.05, 0.1) is 6.61 Å². The number of rotatable bonds is 7. The second-order valence-electron chi connectivity index (χ2n) is 5.89. The van der Waals surface area contributed by atoms with Gasteiger partial charge in [-0.15, -0.1) is 0 Å². The van der Waals surface area contributed by atoms with E-state index in [9.17, 15) is 4.79 Å². The maximum Gasteiger partial charge on any atom is 0.225 e. The van der Waals surface area contributed by atoms with Crippen molar-refractivity contribution in [3.8, 4) is 11.1 Å². The molecule has 24 heavy (non-hydrogen) atoms. The molecule has 0 bridgehead atoms. The number of likely N-dealkylation sites (N-methyl/N-ethyl adjacent to an activating group) is 1. The number of carbonyl (C=O) groups excluding carboxylic acids is 1. The normalized spacial score (nSPS) is 10.9. The van der Waals surface area contributed by atoms with E-state index < -0.39 is 0 Å². The summed E-state index contributed by atoms with van der Waals surface area (Å²) in [5.74, 6) is 0.547. The Morgan fingerprint density at radius 2 is 2.08 bits per heavy atom. The molecule has 0 spiro atoms. The first kappa shape index (κ1) is 18.1. The molecule has 0 radical (unpaired) electrons. The molecular weight excluding hydrogens is 302 g/mol. The summed E-state index contributed by atoms with van der Waals surface area (Å²) >= 11 is 0. The lowest BCUT2D eigenvalue weighted by Crippen LogP contribution is -2.21. The largest absolute Gasteiger partial charge is 0.395 e. The molecule has 0 fully saturated rings. The third kappa shape index (κ3) is 4.88. The predicted octanol–water partition coefficient (Wildman–Crippen LogP) is 2.83. The molecule has 0 saturated carbocycles. The Morgan fingerprint density at radius 1 is 1.29 bits per heavy atom. The highest BCUT2D eigenvalue weighted by atomic mass is 16.3. The van der Waals surface area contributed by atoms with Crippen LogP contribution < -0.4 is 5.32 Å². The smallest absolute Gasteiger partial charge is 0.225 e. The van der Waals surface area contributed by atoms with Crippen LogP contribution in [0.3, 0.4) is 0 Å². The fourth-order valence-electron chi connectivity index (χ4n) is 2.57. The van der Waals surface area contributed by atoms with E-state index in [-0.39, 0.29) is 12.5 Å². The molecule has 5 nitrogen and oxygen atoms in total. The maximum atomic E-state index is 11.5. The molecule has 1 aromatic heterocycles. The minimum Gasteiger partial charge on any atom is -0.395 e. The molecule has 0 aliphatic rings. The van der Waals surface area contributed by atoms with Crippen molar-refractivity contribution in [3.05, 3.63) is 47.7 Å². The number of aromatic nitrogens is 1. The first-order chi connectivity index (χ1) is 11.5. The Balaban J connectivity index is 2.20. The lowest BCUT2D eigenvalue weighted by Gasteiger charge is -2.16. The van der Waals surface area contributed by atoms with E-state index >= 15 is 0 Å². The molecule has 0 aliphatic carbocycles. The van der Waals surface area contributed by atoms with E-state index in [4.69, 9.17) is 5.11 Å². The summed E-state index contributed by atoms with van der Waals surface area (Å²) in [6.07, 6.45) is 0.436. The van der Waals surface area contributed by atoms with Gasteiger partial charge < -0.3 is 10.4 Å². The Labute approximate surface area is 143 Å². The van der Waals surface area contributed by atoms with Crippen molar-refractivity contribution in [1.29, 1.82) is 0 Å². The van der Waals surface area contributed by atoms with Gasteiger partial charge in [-0.2, -0.15) is 0 Å². The van der Waals surface area contributed by atoms with Crippen LogP contribution in [0.15, 0.2) is 36.4 Å². The second-order valence-corrected chi connectivity index (χ2v) is 5.89. The second kappa shape index (κ2) is 8.57. The Hall–Kier alpha value is -2.24. The van der Waals surface area contributed by atoms with E-state index in [0.29, 0.717) is 18.8 Å². The number of carbonyl (C=O) groups is 1. The lowest BCUT2D eigenvalue weighted by molar-refractivity contribution is -0.115. The molecule has 1 aromatic carbocycles. The number of pyridine rings is 1. The zero-order valence-electron chi connectivity index (χ0n) is 14.5. The molecule has 128 valence electrons. The van der Waals surface area contributed by atoms with Crippen molar-refractivity contribution >= 4 is 11.7 Å². The van der Waals surface area contributed by atoms with Gasteiger partial charge in [-0.3, -0.25) is 9.69 Å². The topological polar surface area (TPSA) is 65.5 Å². The quantitative estimate of drug-likeness (QED) is 0.821. The standard InChI is InChI=1S/C19H25N3O2/c1-4-19(24)21-18-9-8-17(14(2)20-18)16-7-5-6-15(12-16)13-22(3)10-11-23/h5-9,12,23H,4,10-11,13H2,1-3H3,(H,20,21,24). The van der Waals surface area contributed by atoms with Crippen molar-refractivity contribution in [2.24, 2.45) is 0 Å². The molecule has 1 amide bonds. The van der Waals surface area contributed by atoms with Crippen LogP contribution in [-0.2, 0) is 11.3 Å². The van der Waals surface area contributed by atoms with Gasteiger partial charge in [0.1, 0.15) is 5.82 Å². The fourth-order valence-corrected chi connectivity index (χ4v) is 2.57. The van der Waals surface area contributed by atoms with Crippen LogP contribution in [0.25, 0.3) is 11.1 Å². The van der Waals surface area contributed by atoms with Crippen LogP contribution in [0.2, 0.25) is 0 Å². The summed E-state index contributed by atoms with van der Waals surface area (Å²) in [4.78, 5) is 18.0. The predicted molar refractivity (Wildman–Crippen MR) is 96.8 cm³/mol. The number of aliphatic hydroxyl groups excluding tert-OH is 1. The van der Waals surface area contributed by atoms with Gasteiger partial charge in [-0.1, -0.05) is 25.1 Å². The molecule has 5 heteroatoms. The highest BCUT2D eigenvalue weighted by Crippen LogP contribution is 2.25. The van der Waals surface area contributed by atoms with Gasteiger partial charge >= 0.3 is 0 Å². The highest BCUT2D eigenvalue weighted by Gasteiger charge is 2.08. The first-order valence-corrected chi connectivity index (χ1v) is 8.19. The highest BCUT2D eigenvalue weighted by molar-refractivity contribution is 5.89. The van der Waals surface area contributed by atoms with Gasteiger partial charge in [0.15, 0.2) is 0 Å². The van der Waals surface area contributed by atoms with Crippen LogP contribution in [0.1, 0.15) is 24.6 Å². The van der Waals surface area contributed by atoms with E-state index in [1.807, 2.05) is 39.1 Å². The van der Waals surface area contributed by atoms with Gasteiger partial charge in [-0.25, -0.2) is 4.98 Å². The summed E-state index contributed by atoms with van der Waals surface area (Å²) in [5, 5.41) is 11.8. The molecule has 0 unspecified atom stereocenters. The third-order valence-electron chi connectivity index (χ3n) is 3.85. The summed E-state index contributed by atoms with van der Waals surface area (Å²) in [6.45, 7) is 5.35. The van der Waals surface area contributed by atoms with E-state index in [1.54, 1.807) is 0 Å². The number of amides is 1. The number of hydrogen-bond donors (Lipinski definition) is 2. The Kier molecular flexibility index (Phi) is 6.46. The molecule has 2 aromatic rings. The number of benzene rings is 1. The van der Waals surface area contributed by atoms with Crippen molar-refractivity contribution in [2.75, 3.05) is 25.5 Å². The molecular formula is C19H25N3O2. The molecule has 1 heterocycles. The number of nitrogens with one attached hydrogen (secondary N) is 1. The average molecular weight is 327 g/mol. The lowest BCUT2D eigenvalue weighted by atomic mass is 10.0. The average Bonchev–Trinajstić information content (AvgIpc) is 2.55. The summed E-state index contributed by atoms with van der Waals surface area (Å²) in [5.41, 5.74) is 4.22. The SMILES string of the molecule is CCC(=O)Nc1ccc(-c2cccc(CN(C)CCO)c2)c(C)n1. The fraction of sp³-hybridized carbons (Fsp3) is 0.368. The van der Waals surface area contributed by atoms with Crippen LogP contribution in [-0.4, -0.2) is 41.1 Å². The van der Waals surface area contributed by atoms with Crippen LogP contribution in [0.5, 0.6) is 0 Å². The monoisotopic (exact) mass is 327 g/mol. The van der Waals surface area contributed by atoms with Gasteiger partial charge in [0.2, 0.25) is 5.91 Å². The maximum absolute atomic E-state index is 11.5. The zero-order valence-corrected chi connectivity index (χ0v) is 14.5. The molecule has 0 saturated heterocycles. The Bertz CT molecular complexity index is 701. The molecule has 2 N–H and O–H groups in total. The number of nitrogens with zero attached hydrogens (tertiary/aromatic N) is 2. The van der Waals surface area contributed by atoms with E-state index in [0.717, 1.165) is 23.4 Å². The number of anilines is 1. The van der Waals surface area contributed by atoms with Crippen molar-refractivity contribution < 1.29 is 9.90 Å². The van der Waals surface area contributed by atoms with Crippen LogP contribution in [0, 0.1) is 6.92 Å². The molecule has 2 rings (SSSR count). The van der Waals surface area contributed by atoms with Crippen LogP contribution in [0.4, 0.5) is 5.82 Å². The van der Waals surface area contributed by atoms with E-state index in [1.165, 1.54) is 5.56 Å². The van der Waals surface area contributed by atoms with E-state index in [2.05, 4.69) is 33.4 Å². The van der Waals surface area contributed by atoms with Gasteiger partial charge in [-0.05, 0) is 43.3 Å². The van der Waals surface area contributed by atoms with Gasteiger partial charge in [0, 0.05) is 30.8 Å². The van der Waals surface area contributed by atoms with Crippen molar-refractivity contribution in [1.82, 2.24) is 9.88 Å². The first-order valence-electron chi connectivity index (χ1n) is 8.19. The van der Waals surface area contributed by atoms with Crippen molar-refractivity contribution in [3.63, 3.8) is 0 Å². The summed E-state index contributed by atoms with van der Waals surface area (Å²) < 4.78 is 0.